The first-order valence-electron chi connectivity index (χ1n) is 9.06. The minimum Gasteiger partial charge on any atom is -0.507 e. The van der Waals surface area contributed by atoms with Crippen LogP contribution in [0, 0.1) is 6.92 Å². The molecule has 0 bridgehead atoms. The number of nitrogens with one attached hydrogen (secondary N) is 1. The zero-order valence-corrected chi connectivity index (χ0v) is 15.3. The summed E-state index contributed by atoms with van der Waals surface area (Å²) < 4.78 is 0. The van der Waals surface area contributed by atoms with E-state index in [1.165, 1.54) is 5.56 Å². The van der Waals surface area contributed by atoms with E-state index < -0.39 is 0 Å². The van der Waals surface area contributed by atoms with Crippen LogP contribution in [0.4, 0.5) is 5.69 Å². The molecule has 1 amide bonds. The largest absolute Gasteiger partial charge is 0.507 e. The molecule has 5 nitrogen and oxygen atoms in total. The highest BCUT2D eigenvalue weighted by Gasteiger charge is 2.18. The molecule has 136 valence electrons. The van der Waals surface area contributed by atoms with Gasteiger partial charge in [-0.25, -0.2) is 5.43 Å². The molecular weight excluding hydrogens is 326 g/mol. The average Bonchev–Trinajstić information content (AvgIpc) is 2.65. The van der Waals surface area contributed by atoms with Crippen LogP contribution in [0.15, 0.2) is 47.6 Å². The number of carbonyl (C=O) groups excluding carboxylic acids is 1. The van der Waals surface area contributed by atoms with Gasteiger partial charge >= 0.3 is 0 Å². The van der Waals surface area contributed by atoms with Crippen LogP contribution in [0.2, 0.25) is 0 Å². The Labute approximate surface area is 154 Å². The zero-order valence-electron chi connectivity index (χ0n) is 15.3. The van der Waals surface area contributed by atoms with Crippen molar-refractivity contribution in [2.24, 2.45) is 5.10 Å². The van der Waals surface area contributed by atoms with Gasteiger partial charge in [-0.2, -0.15) is 5.10 Å². The molecular formula is C21H25N3O2. The molecule has 2 aromatic rings. The summed E-state index contributed by atoms with van der Waals surface area (Å²) in [6.45, 7) is 5.06. The van der Waals surface area contributed by atoms with Crippen molar-refractivity contribution in [2.75, 3.05) is 18.0 Å². The fourth-order valence-corrected chi connectivity index (χ4v) is 3.33. The standard InChI is InChI=1S/C21H25N3O2/c1-3-18(17-13-15(2)10-11-20(17)25)22-23-21(26)14-24-12-6-8-16-7-4-5-9-19(16)24/h4-5,7,9-11,13,25H,3,6,8,12,14H2,1-2H3,(H,23,26)/b22-18+. The number of fused-ring (bicyclic) bond motifs is 1. The highest BCUT2D eigenvalue weighted by molar-refractivity contribution is 6.03. The molecule has 0 saturated carbocycles. The lowest BCUT2D eigenvalue weighted by Crippen LogP contribution is -2.38. The minimum atomic E-state index is -0.153. The van der Waals surface area contributed by atoms with Crippen molar-refractivity contribution in [3.8, 4) is 5.75 Å². The second kappa shape index (κ2) is 8.04. The molecule has 1 aliphatic rings. The first kappa shape index (κ1) is 18.0. The summed E-state index contributed by atoms with van der Waals surface area (Å²) in [5, 5.41) is 14.3. The molecule has 0 saturated heterocycles. The molecule has 2 aromatic carbocycles. The van der Waals surface area contributed by atoms with Gasteiger partial charge in [0.25, 0.3) is 5.91 Å². The van der Waals surface area contributed by atoms with Crippen LogP contribution in [0.25, 0.3) is 0 Å². The SMILES string of the molecule is CC/C(=N\NC(=O)CN1CCCc2ccccc21)c1cc(C)ccc1O. The van der Waals surface area contributed by atoms with Gasteiger partial charge in [-0.1, -0.05) is 36.8 Å². The summed E-state index contributed by atoms with van der Waals surface area (Å²) in [7, 11) is 0. The maximum Gasteiger partial charge on any atom is 0.259 e. The van der Waals surface area contributed by atoms with Crippen molar-refractivity contribution in [3.63, 3.8) is 0 Å². The Balaban J connectivity index is 1.70. The van der Waals surface area contributed by atoms with Crippen molar-refractivity contribution in [1.29, 1.82) is 0 Å². The quantitative estimate of drug-likeness (QED) is 0.641. The molecule has 2 N–H and O–H groups in total. The van der Waals surface area contributed by atoms with Crippen LogP contribution < -0.4 is 10.3 Å². The van der Waals surface area contributed by atoms with Crippen LogP contribution in [0.3, 0.4) is 0 Å². The highest BCUT2D eigenvalue weighted by atomic mass is 16.3. The maximum atomic E-state index is 12.4. The van der Waals surface area contributed by atoms with Gasteiger partial charge in [0.2, 0.25) is 0 Å². The number of benzene rings is 2. The van der Waals surface area contributed by atoms with E-state index in [0.29, 0.717) is 17.7 Å². The van der Waals surface area contributed by atoms with Gasteiger partial charge in [0.1, 0.15) is 5.75 Å². The number of para-hydroxylation sites is 1. The van der Waals surface area contributed by atoms with E-state index in [0.717, 1.165) is 30.6 Å². The van der Waals surface area contributed by atoms with Crippen molar-refractivity contribution >= 4 is 17.3 Å². The third-order valence-corrected chi connectivity index (χ3v) is 4.65. The molecule has 0 fully saturated rings. The monoisotopic (exact) mass is 351 g/mol. The molecule has 1 heterocycles. The zero-order chi connectivity index (χ0) is 18.5. The van der Waals surface area contributed by atoms with Gasteiger partial charge in [0, 0.05) is 17.8 Å². The first-order valence-corrected chi connectivity index (χ1v) is 9.06. The van der Waals surface area contributed by atoms with Crippen LogP contribution in [-0.2, 0) is 11.2 Å². The fourth-order valence-electron chi connectivity index (χ4n) is 3.33. The van der Waals surface area contributed by atoms with Crippen LogP contribution >= 0.6 is 0 Å². The third-order valence-electron chi connectivity index (χ3n) is 4.65. The highest BCUT2D eigenvalue weighted by Crippen LogP contribution is 2.26. The number of hydrazone groups is 1. The van der Waals surface area contributed by atoms with Crippen LogP contribution in [-0.4, -0.2) is 29.8 Å². The van der Waals surface area contributed by atoms with E-state index >= 15 is 0 Å². The Kier molecular flexibility index (Phi) is 5.56. The summed E-state index contributed by atoms with van der Waals surface area (Å²) in [5.74, 6) is 0.0233. The molecule has 0 aromatic heterocycles. The fraction of sp³-hybridized carbons (Fsp3) is 0.333. The molecule has 5 heteroatoms. The number of carbonyl (C=O) groups is 1. The number of amides is 1. The average molecular weight is 351 g/mol. The van der Waals surface area contributed by atoms with E-state index in [2.05, 4.69) is 27.6 Å². The number of anilines is 1. The van der Waals surface area contributed by atoms with Gasteiger partial charge in [-0.05, 0) is 49.9 Å². The lowest BCUT2D eigenvalue weighted by molar-refractivity contribution is -0.119. The Bertz CT molecular complexity index is 830. The lowest BCUT2D eigenvalue weighted by atomic mass is 10.0. The smallest absolute Gasteiger partial charge is 0.259 e. The second-order valence-corrected chi connectivity index (χ2v) is 6.62. The Morgan fingerprint density at radius 1 is 1.27 bits per heavy atom. The summed E-state index contributed by atoms with van der Waals surface area (Å²) in [6, 6.07) is 13.6. The van der Waals surface area contributed by atoms with Gasteiger partial charge in [0.15, 0.2) is 0 Å². The molecule has 0 radical (unpaired) electrons. The predicted molar refractivity (Wildman–Crippen MR) is 105 cm³/mol. The van der Waals surface area contributed by atoms with Gasteiger partial charge in [0.05, 0.1) is 12.3 Å². The van der Waals surface area contributed by atoms with Crippen molar-refractivity contribution in [3.05, 3.63) is 59.2 Å². The lowest BCUT2D eigenvalue weighted by Gasteiger charge is -2.30. The normalized spacial score (nSPS) is 14.1. The van der Waals surface area contributed by atoms with E-state index in [9.17, 15) is 9.90 Å². The van der Waals surface area contributed by atoms with Crippen molar-refractivity contribution in [2.45, 2.75) is 33.1 Å². The van der Waals surface area contributed by atoms with E-state index in [1.807, 2.05) is 38.1 Å². The summed E-state index contributed by atoms with van der Waals surface area (Å²) in [6.07, 6.45) is 2.72. The van der Waals surface area contributed by atoms with Gasteiger partial charge in [-0.3, -0.25) is 4.79 Å². The maximum absolute atomic E-state index is 12.4. The molecule has 3 rings (SSSR count). The molecule has 26 heavy (non-hydrogen) atoms. The molecule has 0 unspecified atom stereocenters. The molecule has 0 aliphatic carbocycles. The molecule has 0 spiro atoms. The van der Waals surface area contributed by atoms with E-state index in [1.54, 1.807) is 6.07 Å². The number of phenols is 1. The third kappa shape index (κ3) is 4.04. The number of phenolic OH excluding ortho intramolecular Hbond substituents is 1. The number of aryl methyl sites for hydroxylation is 2. The number of nitrogens with zero attached hydrogens (tertiary/aromatic N) is 2. The summed E-state index contributed by atoms with van der Waals surface area (Å²) >= 11 is 0. The topological polar surface area (TPSA) is 64.9 Å². The number of hydrogen-bond acceptors (Lipinski definition) is 4. The Hall–Kier alpha value is -2.82. The summed E-state index contributed by atoms with van der Waals surface area (Å²) in [4.78, 5) is 14.5. The van der Waals surface area contributed by atoms with E-state index in [4.69, 9.17) is 0 Å². The first-order chi connectivity index (χ1) is 12.6. The number of aromatic hydroxyl groups is 1. The Morgan fingerprint density at radius 2 is 2.08 bits per heavy atom. The number of hydrogen-bond donors (Lipinski definition) is 2. The minimum absolute atomic E-state index is 0.153. The Morgan fingerprint density at radius 3 is 2.88 bits per heavy atom. The second-order valence-electron chi connectivity index (χ2n) is 6.62. The summed E-state index contributed by atoms with van der Waals surface area (Å²) in [5.41, 5.74) is 7.43. The van der Waals surface area contributed by atoms with Crippen LogP contribution in [0.1, 0.15) is 36.5 Å². The predicted octanol–water partition coefficient (Wildman–Crippen LogP) is 3.38. The van der Waals surface area contributed by atoms with Crippen molar-refractivity contribution in [1.82, 2.24) is 5.43 Å². The van der Waals surface area contributed by atoms with E-state index in [-0.39, 0.29) is 18.2 Å². The van der Waals surface area contributed by atoms with Gasteiger partial charge in [-0.15, -0.1) is 0 Å². The van der Waals surface area contributed by atoms with Gasteiger partial charge < -0.3 is 10.0 Å². The molecule has 0 atom stereocenters. The van der Waals surface area contributed by atoms with Crippen molar-refractivity contribution < 1.29 is 9.90 Å². The number of rotatable bonds is 5. The molecule has 1 aliphatic heterocycles. The van der Waals surface area contributed by atoms with Crippen LogP contribution in [0.5, 0.6) is 5.75 Å².